The number of rotatable bonds is 12. The Balaban J connectivity index is 1.65. The number of hydrogen-bond acceptors (Lipinski definition) is 5. The van der Waals surface area contributed by atoms with Gasteiger partial charge in [0.25, 0.3) is 11.8 Å². The minimum absolute atomic E-state index is 0.0800. The van der Waals surface area contributed by atoms with Crippen molar-refractivity contribution < 1.29 is 19.1 Å². The molecule has 3 N–H and O–H groups in total. The monoisotopic (exact) mass is 491 g/mol. The number of hydrogen-bond donors (Lipinski definition) is 3. The highest BCUT2D eigenvalue weighted by atomic mass is 16.5. The van der Waals surface area contributed by atoms with Crippen LogP contribution in [0.5, 0.6) is 5.75 Å². The van der Waals surface area contributed by atoms with Crippen LogP contribution in [-0.2, 0) is 11.3 Å². The second-order valence-electron chi connectivity index (χ2n) is 8.51. The summed E-state index contributed by atoms with van der Waals surface area (Å²) in [5, 5.41) is 8.60. The van der Waals surface area contributed by atoms with Crippen molar-refractivity contribution in [2.75, 3.05) is 19.0 Å². The maximum absolute atomic E-state index is 13.2. The van der Waals surface area contributed by atoms with E-state index in [2.05, 4.69) is 20.9 Å². The molecule has 9 nitrogen and oxygen atoms in total. The van der Waals surface area contributed by atoms with Crippen molar-refractivity contribution in [3.05, 3.63) is 78.4 Å². The van der Waals surface area contributed by atoms with Gasteiger partial charge in [0, 0.05) is 31.0 Å². The van der Waals surface area contributed by atoms with Gasteiger partial charge in [-0.3, -0.25) is 14.4 Å². The molecular formula is C27H33N5O4. The molecule has 190 valence electrons. The molecular weight excluding hydrogens is 458 g/mol. The molecule has 0 radical (unpaired) electrons. The number of nitrogens with zero attached hydrogens (tertiary/aromatic N) is 2. The van der Waals surface area contributed by atoms with Crippen LogP contribution >= 0.6 is 0 Å². The Kier molecular flexibility index (Phi) is 9.62. The largest absolute Gasteiger partial charge is 0.497 e. The van der Waals surface area contributed by atoms with Crippen molar-refractivity contribution in [2.24, 2.45) is 5.92 Å². The van der Waals surface area contributed by atoms with Crippen molar-refractivity contribution in [3.63, 3.8) is 0 Å². The van der Waals surface area contributed by atoms with E-state index >= 15 is 0 Å². The van der Waals surface area contributed by atoms with Gasteiger partial charge in [-0.25, -0.2) is 4.98 Å². The highest BCUT2D eigenvalue weighted by molar-refractivity contribution is 6.09. The summed E-state index contributed by atoms with van der Waals surface area (Å²) in [7, 11) is 1.55. The zero-order valence-corrected chi connectivity index (χ0v) is 20.9. The van der Waals surface area contributed by atoms with E-state index in [1.807, 2.05) is 24.6 Å². The fourth-order valence-corrected chi connectivity index (χ4v) is 3.65. The quantitative estimate of drug-likeness (QED) is 0.336. The summed E-state index contributed by atoms with van der Waals surface area (Å²) in [4.78, 5) is 42.9. The Hall–Kier alpha value is -4.14. The van der Waals surface area contributed by atoms with Gasteiger partial charge in [0.2, 0.25) is 5.91 Å². The summed E-state index contributed by atoms with van der Waals surface area (Å²) >= 11 is 0. The Morgan fingerprint density at radius 3 is 2.47 bits per heavy atom. The predicted molar refractivity (Wildman–Crippen MR) is 138 cm³/mol. The van der Waals surface area contributed by atoms with Gasteiger partial charge in [0.15, 0.2) is 0 Å². The lowest BCUT2D eigenvalue weighted by atomic mass is 9.97. The summed E-state index contributed by atoms with van der Waals surface area (Å²) < 4.78 is 7.07. The van der Waals surface area contributed by atoms with Crippen molar-refractivity contribution in [1.82, 2.24) is 20.2 Å². The molecule has 2 unspecified atom stereocenters. The first-order valence-electron chi connectivity index (χ1n) is 12.0. The molecule has 0 saturated heterocycles. The second kappa shape index (κ2) is 13.1. The molecule has 3 amide bonds. The lowest BCUT2D eigenvalue weighted by Crippen LogP contribution is -2.50. The van der Waals surface area contributed by atoms with Crippen molar-refractivity contribution in [3.8, 4) is 5.75 Å². The smallest absolute Gasteiger partial charge is 0.255 e. The fraction of sp³-hybridized carbons (Fsp3) is 0.333. The van der Waals surface area contributed by atoms with Crippen LogP contribution in [0, 0.1) is 5.92 Å². The first kappa shape index (κ1) is 26.5. The molecule has 36 heavy (non-hydrogen) atoms. The number of imidazole rings is 1. The number of carbonyl (C=O) groups excluding carboxylic acids is 3. The summed E-state index contributed by atoms with van der Waals surface area (Å²) in [5.41, 5.74) is 1.07. The van der Waals surface area contributed by atoms with Gasteiger partial charge in [-0.15, -0.1) is 0 Å². The van der Waals surface area contributed by atoms with E-state index in [1.54, 1.807) is 68.2 Å². The van der Waals surface area contributed by atoms with E-state index in [9.17, 15) is 14.4 Å². The van der Waals surface area contributed by atoms with E-state index < -0.39 is 11.9 Å². The van der Waals surface area contributed by atoms with E-state index in [4.69, 9.17) is 4.74 Å². The highest BCUT2D eigenvalue weighted by Gasteiger charge is 2.27. The van der Waals surface area contributed by atoms with Crippen LogP contribution in [0.4, 0.5) is 5.69 Å². The van der Waals surface area contributed by atoms with Crippen molar-refractivity contribution in [1.29, 1.82) is 0 Å². The number of carbonyl (C=O) groups is 3. The topological polar surface area (TPSA) is 114 Å². The third-order valence-electron chi connectivity index (χ3n) is 6.01. The van der Waals surface area contributed by atoms with Gasteiger partial charge >= 0.3 is 0 Å². The average molecular weight is 492 g/mol. The maximum Gasteiger partial charge on any atom is 0.255 e. The predicted octanol–water partition coefficient (Wildman–Crippen LogP) is 3.50. The van der Waals surface area contributed by atoms with Crippen LogP contribution in [-0.4, -0.2) is 47.0 Å². The van der Waals surface area contributed by atoms with Gasteiger partial charge < -0.3 is 25.3 Å². The average Bonchev–Trinajstić information content (AvgIpc) is 3.43. The minimum atomic E-state index is -0.707. The number of para-hydroxylation sites is 1. The van der Waals surface area contributed by atoms with Gasteiger partial charge in [-0.2, -0.15) is 0 Å². The number of amides is 3. The first-order valence-corrected chi connectivity index (χ1v) is 12.0. The molecule has 0 aliphatic heterocycles. The number of aryl methyl sites for hydroxylation is 1. The number of benzene rings is 2. The van der Waals surface area contributed by atoms with Crippen molar-refractivity contribution in [2.45, 2.75) is 39.3 Å². The third-order valence-corrected chi connectivity index (χ3v) is 6.01. The maximum atomic E-state index is 13.2. The van der Waals surface area contributed by atoms with Crippen LogP contribution in [0.1, 0.15) is 47.4 Å². The van der Waals surface area contributed by atoms with Crippen molar-refractivity contribution >= 4 is 23.4 Å². The normalized spacial score (nSPS) is 12.3. The van der Waals surface area contributed by atoms with Gasteiger partial charge in [-0.05, 0) is 48.7 Å². The third kappa shape index (κ3) is 7.18. The summed E-state index contributed by atoms with van der Waals surface area (Å²) in [6.07, 6.45) is 6.76. The van der Waals surface area contributed by atoms with Crippen LogP contribution in [0.25, 0.3) is 0 Å². The molecule has 0 saturated carbocycles. The van der Waals surface area contributed by atoms with E-state index in [1.165, 1.54) is 0 Å². The van der Waals surface area contributed by atoms with Crippen LogP contribution in [0.15, 0.2) is 67.3 Å². The molecule has 9 heteroatoms. The zero-order valence-electron chi connectivity index (χ0n) is 20.9. The number of anilines is 1. The van der Waals surface area contributed by atoms with E-state index in [0.29, 0.717) is 30.0 Å². The zero-order chi connectivity index (χ0) is 25.9. The lowest BCUT2D eigenvalue weighted by Gasteiger charge is -2.24. The molecule has 0 spiro atoms. The lowest BCUT2D eigenvalue weighted by molar-refractivity contribution is -0.124. The number of ether oxygens (including phenoxy) is 1. The minimum Gasteiger partial charge on any atom is -0.497 e. The van der Waals surface area contributed by atoms with Gasteiger partial charge in [0.05, 0.1) is 24.7 Å². The summed E-state index contributed by atoms with van der Waals surface area (Å²) in [6, 6.07) is 12.7. The summed E-state index contributed by atoms with van der Waals surface area (Å²) in [6.45, 7) is 5.11. The standard InChI is InChI=1S/C27H33N5O4/c1-4-19(2)24(27(35)29-14-7-16-32-17-15-28-18-32)31-26(34)22-8-5-6-9-23(22)30-25(33)20-10-12-21(36-3)13-11-20/h5-6,8-13,15,17-19,24H,4,7,14,16H2,1-3H3,(H,29,35)(H,30,33)(H,31,34). The molecule has 0 bridgehead atoms. The SMILES string of the molecule is CCC(C)C(NC(=O)c1ccccc1NC(=O)c1ccc(OC)cc1)C(=O)NCCCn1ccnc1. The molecule has 2 aromatic carbocycles. The molecule has 2 atom stereocenters. The molecule has 3 aromatic rings. The summed E-state index contributed by atoms with van der Waals surface area (Å²) in [5.74, 6) is -0.458. The molecule has 1 aromatic heterocycles. The van der Waals surface area contributed by atoms with Crippen LogP contribution < -0.4 is 20.7 Å². The van der Waals surface area contributed by atoms with Gasteiger partial charge in [0.1, 0.15) is 11.8 Å². The Morgan fingerprint density at radius 2 is 1.81 bits per heavy atom. The molecule has 0 fully saturated rings. The molecule has 3 rings (SSSR count). The van der Waals surface area contributed by atoms with Gasteiger partial charge in [-0.1, -0.05) is 32.4 Å². The fourth-order valence-electron chi connectivity index (χ4n) is 3.65. The first-order chi connectivity index (χ1) is 17.4. The highest BCUT2D eigenvalue weighted by Crippen LogP contribution is 2.19. The second-order valence-corrected chi connectivity index (χ2v) is 8.51. The number of methoxy groups -OCH3 is 1. The van der Waals surface area contributed by atoms with E-state index in [0.717, 1.165) is 13.0 Å². The molecule has 0 aliphatic rings. The Bertz CT molecular complexity index is 1150. The van der Waals surface area contributed by atoms with Crippen LogP contribution in [0.2, 0.25) is 0 Å². The van der Waals surface area contributed by atoms with Crippen LogP contribution in [0.3, 0.4) is 0 Å². The van der Waals surface area contributed by atoms with E-state index in [-0.39, 0.29) is 23.3 Å². The Morgan fingerprint density at radius 1 is 1.06 bits per heavy atom. The molecule has 0 aliphatic carbocycles. The number of nitrogens with one attached hydrogen (secondary N) is 3. The molecule has 1 heterocycles. The number of aromatic nitrogens is 2. The Labute approximate surface area is 211 Å².